The molecule has 2 atom stereocenters. The molecule has 1 N–H and O–H groups in total. The fourth-order valence-electron chi connectivity index (χ4n) is 3.12. The molecular formula is C13H25ClN2O. The number of nitrogens with zero attached hydrogens (tertiary/aromatic N) is 1. The number of nitrogens with one attached hydrogen (secondary N) is 1. The molecule has 0 bridgehead atoms. The molecule has 0 aromatic carbocycles. The number of halogens is 1. The van der Waals surface area contributed by atoms with Crippen LogP contribution in [-0.2, 0) is 4.79 Å². The first-order valence-corrected chi connectivity index (χ1v) is 6.76. The fourth-order valence-corrected chi connectivity index (χ4v) is 3.12. The predicted octanol–water partition coefficient (Wildman–Crippen LogP) is 2.34. The van der Waals surface area contributed by atoms with Gasteiger partial charge in [0.15, 0.2) is 0 Å². The van der Waals surface area contributed by atoms with Gasteiger partial charge in [0.1, 0.15) is 0 Å². The van der Waals surface area contributed by atoms with E-state index in [9.17, 15) is 4.79 Å². The van der Waals surface area contributed by atoms with Gasteiger partial charge in [-0.1, -0.05) is 6.92 Å². The summed E-state index contributed by atoms with van der Waals surface area (Å²) in [6.45, 7) is 6.28. The van der Waals surface area contributed by atoms with E-state index in [1.165, 1.54) is 19.3 Å². The molecule has 2 aliphatic rings. The third kappa shape index (κ3) is 2.76. The van der Waals surface area contributed by atoms with Crippen molar-refractivity contribution in [3.05, 3.63) is 0 Å². The minimum absolute atomic E-state index is 0. The smallest absolute Gasteiger partial charge is 0.243 e. The van der Waals surface area contributed by atoms with E-state index >= 15 is 0 Å². The summed E-state index contributed by atoms with van der Waals surface area (Å²) in [4.78, 5) is 14.7. The Bertz CT molecular complexity index is 264. The topological polar surface area (TPSA) is 32.3 Å². The van der Waals surface area contributed by atoms with Gasteiger partial charge in [-0.2, -0.15) is 0 Å². The van der Waals surface area contributed by atoms with Crippen molar-refractivity contribution in [1.82, 2.24) is 10.2 Å². The second kappa shape index (κ2) is 6.05. The Balaban J connectivity index is 0.00000144. The number of hydrogen-bond donors (Lipinski definition) is 1. The zero-order valence-electron chi connectivity index (χ0n) is 11.0. The van der Waals surface area contributed by atoms with E-state index in [2.05, 4.69) is 24.1 Å². The lowest BCUT2D eigenvalue weighted by molar-refractivity contribution is -0.141. The molecule has 1 amide bonds. The number of amides is 1. The Kier molecular flexibility index (Phi) is 5.26. The van der Waals surface area contributed by atoms with Crippen LogP contribution in [0.1, 0.15) is 52.4 Å². The molecule has 3 nitrogen and oxygen atoms in total. The highest BCUT2D eigenvalue weighted by atomic mass is 35.5. The van der Waals surface area contributed by atoms with Crippen molar-refractivity contribution >= 4 is 18.3 Å². The Morgan fingerprint density at radius 2 is 2.18 bits per heavy atom. The largest absolute Gasteiger partial charge is 0.338 e. The molecule has 0 radical (unpaired) electrons. The van der Waals surface area contributed by atoms with Gasteiger partial charge >= 0.3 is 0 Å². The SMILES string of the molecule is CCC1(C(=O)N2CCCCC2C)CCCN1.Cl. The second-order valence-corrected chi connectivity index (χ2v) is 5.31. The molecule has 100 valence electrons. The van der Waals surface area contributed by atoms with Gasteiger partial charge in [0.25, 0.3) is 0 Å². The van der Waals surface area contributed by atoms with Crippen LogP contribution in [0.25, 0.3) is 0 Å². The van der Waals surface area contributed by atoms with Gasteiger partial charge in [-0.15, -0.1) is 12.4 Å². The predicted molar refractivity (Wildman–Crippen MR) is 72.5 cm³/mol. The number of likely N-dealkylation sites (tertiary alicyclic amines) is 1. The standard InChI is InChI=1S/C13H24N2O.ClH/c1-3-13(8-6-9-14-13)12(16)15-10-5-4-7-11(15)2;/h11,14H,3-10H2,1-2H3;1H. The maximum atomic E-state index is 12.6. The Morgan fingerprint density at radius 3 is 2.71 bits per heavy atom. The number of carbonyl (C=O) groups is 1. The van der Waals surface area contributed by atoms with Crippen LogP contribution in [0.2, 0.25) is 0 Å². The fraction of sp³-hybridized carbons (Fsp3) is 0.923. The average molecular weight is 261 g/mol. The van der Waals surface area contributed by atoms with Gasteiger partial charge in [0.2, 0.25) is 5.91 Å². The molecule has 0 aliphatic carbocycles. The second-order valence-electron chi connectivity index (χ2n) is 5.31. The van der Waals surface area contributed by atoms with Crippen LogP contribution in [0.3, 0.4) is 0 Å². The first-order chi connectivity index (χ1) is 7.69. The van der Waals surface area contributed by atoms with E-state index in [0.717, 1.165) is 32.4 Å². The van der Waals surface area contributed by atoms with Crippen LogP contribution < -0.4 is 5.32 Å². The Hall–Kier alpha value is -0.280. The highest BCUT2D eigenvalue weighted by Gasteiger charge is 2.43. The highest BCUT2D eigenvalue weighted by molar-refractivity contribution is 5.87. The molecule has 2 fully saturated rings. The van der Waals surface area contributed by atoms with E-state index in [1.54, 1.807) is 0 Å². The zero-order chi connectivity index (χ0) is 11.6. The van der Waals surface area contributed by atoms with Crippen LogP contribution in [0.5, 0.6) is 0 Å². The highest BCUT2D eigenvalue weighted by Crippen LogP contribution is 2.28. The number of carbonyl (C=O) groups excluding carboxylic acids is 1. The molecule has 0 saturated carbocycles. The quantitative estimate of drug-likeness (QED) is 0.827. The summed E-state index contributed by atoms with van der Waals surface area (Å²) < 4.78 is 0. The van der Waals surface area contributed by atoms with Crippen LogP contribution in [0.4, 0.5) is 0 Å². The molecule has 0 aromatic rings. The van der Waals surface area contributed by atoms with Crippen LogP contribution >= 0.6 is 12.4 Å². The van der Waals surface area contributed by atoms with Gasteiger partial charge in [-0.25, -0.2) is 0 Å². The zero-order valence-corrected chi connectivity index (χ0v) is 11.8. The maximum Gasteiger partial charge on any atom is 0.243 e. The summed E-state index contributed by atoms with van der Waals surface area (Å²) in [7, 11) is 0. The average Bonchev–Trinajstić information content (AvgIpc) is 2.78. The third-order valence-corrected chi connectivity index (χ3v) is 4.32. The molecule has 2 heterocycles. The molecule has 2 unspecified atom stereocenters. The summed E-state index contributed by atoms with van der Waals surface area (Å²) >= 11 is 0. The minimum Gasteiger partial charge on any atom is -0.338 e. The molecular weight excluding hydrogens is 236 g/mol. The molecule has 17 heavy (non-hydrogen) atoms. The van der Waals surface area contributed by atoms with Crippen LogP contribution in [0, 0.1) is 0 Å². The lowest BCUT2D eigenvalue weighted by Crippen LogP contribution is -2.57. The Labute approximate surface area is 111 Å². The Morgan fingerprint density at radius 1 is 1.41 bits per heavy atom. The lowest BCUT2D eigenvalue weighted by atomic mass is 9.90. The summed E-state index contributed by atoms with van der Waals surface area (Å²) in [5.74, 6) is 0.361. The van der Waals surface area contributed by atoms with Gasteiger partial charge in [0, 0.05) is 12.6 Å². The minimum atomic E-state index is -0.231. The number of rotatable bonds is 2. The molecule has 2 rings (SSSR count). The van der Waals surface area contributed by atoms with Crippen molar-refractivity contribution in [1.29, 1.82) is 0 Å². The van der Waals surface area contributed by atoms with Gasteiger partial charge < -0.3 is 10.2 Å². The molecule has 2 saturated heterocycles. The molecule has 4 heteroatoms. The van der Waals surface area contributed by atoms with Crippen LogP contribution in [-0.4, -0.2) is 35.5 Å². The molecule has 0 spiro atoms. The van der Waals surface area contributed by atoms with E-state index in [0.29, 0.717) is 11.9 Å². The summed E-state index contributed by atoms with van der Waals surface area (Å²) in [5, 5.41) is 3.45. The summed E-state index contributed by atoms with van der Waals surface area (Å²) in [5.41, 5.74) is -0.231. The lowest BCUT2D eigenvalue weighted by Gasteiger charge is -2.40. The van der Waals surface area contributed by atoms with E-state index in [-0.39, 0.29) is 17.9 Å². The maximum absolute atomic E-state index is 12.6. The van der Waals surface area contributed by atoms with Crippen molar-refractivity contribution in [3.63, 3.8) is 0 Å². The van der Waals surface area contributed by atoms with Crippen molar-refractivity contribution in [2.45, 2.75) is 64.0 Å². The van der Waals surface area contributed by atoms with Gasteiger partial charge in [-0.3, -0.25) is 4.79 Å². The first-order valence-electron chi connectivity index (χ1n) is 6.76. The molecule has 0 aromatic heterocycles. The summed E-state index contributed by atoms with van der Waals surface area (Å²) in [6, 6.07) is 0.437. The summed E-state index contributed by atoms with van der Waals surface area (Å²) in [6.07, 6.45) is 6.71. The third-order valence-electron chi connectivity index (χ3n) is 4.32. The number of piperidine rings is 1. The van der Waals surface area contributed by atoms with Gasteiger partial charge in [-0.05, 0) is 52.0 Å². The monoisotopic (exact) mass is 260 g/mol. The van der Waals surface area contributed by atoms with Gasteiger partial charge in [0.05, 0.1) is 5.54 Å². The van der Waals surface area contributed by atoms with Crippen molar-refractivity contribution in [3.8, 4) is 0 Å². The van der Waals surface area contributed by atoms with E-state index in [4.69, 9.17) is 0 Å². The van der Waals surface area contributed by atoms with E-state index < -0.39 is 0 Å². The molecule has 2 aliphatic heterocycles. The number of hydrogen-bond acceptors (Lipinski definition) is 2. The normalized spacial score (nSPS) is 33.3. The van der Waals surface area contributed by atoms with Crippen molar-refractivity contribution in [2.75, 3.05) is 13.1 Å². The van der Waals surface area contributed by atoms with Crippen LogP contribution in [0.15, 0.2) is 0 Å². The van der Waals surface area contributed by atoms with Crippen molar-refractivity contribution in [2.24, 2.45) is 0 Å². The van der Waals surface area contributed by atoms with E-state index in [1.807, 2.05) is 0 Å². The van der Waals surface area contributed by atoms with Crippen molar-refractivity contribution < 1.29 is 4.79 Å². The first kappa shape index (κ1) is 14.8.